The van der Waals surface area contributed by atoms with Crippen molar-refractivity contribution < 1.29 is 9.53 Å². The number of aromatic nitrogens is 4. The molecule has 2 N–H and O–H groups in total. The number of carbonyl (C=O) groups is 1. The molecule has 1 atom stereocenters. The first-order chi connectivity index (χ1) is 17.6. The Bertz CT molecular complexity index is 1220. The van der Waals surface area contributed by atoms with Gasteiger partial charge in [-0.25, -0.2) is 4.98 Å². The van der Waals surface area contributed by atoms with Gasteiger partial charge in [-0.15, -0.1) is 0 Å². The summed E-state index contributed by atoms with van der Waals surface area (Å²) in [5.41, 5.74) is 2.90. The van der Waals surface area contributed by atoms with Crippen molar-refractivity contribution in [1.82, 2.24) is 24.6 Å². The third-order valence-corrected chi connectivity index (χ3v) is 7.47. The average molecular weight is 512 g/mol. The standard InChI is InChI=1S/C26H34ClN7O2/c1-3-33(13-14-36-2)12-6-11-28-26-30-23(22-19-15-17(27)9-10-21(19)29-25(22)35)20-16-34(32-24(20)31-26)18-7-4-5-8-18/h9-10,15-16,18,22H,3-8,11-14H2,1-2H3,(H,29,35)(H,28,31,32). The fraction of sp³-hybridized carbons (Fsp3) is 0.538. The highest BCUT2D eigenvalue weighted by atomic mass is 35.5. The normalized spacial score (nSPS) is 17.8. The van der Waals surface area contributed by atoms with E-state index in [1.807, 2.05) is 23.0 Å². The molecular weight excluding hydrogens is 478 g/mol. The number of nitrogens with one attached hydrogen (secondary N) is 2. The summed E-state index contributed by atoms with van der Waals surface area (Å²) >= 11 is 6.30. The number of likely N-dealkylation sites (N-methyl/N-ethyl adjacent to an activating group) is 1. The molecule has 2 aliphatic rings. The van der Waals surface area contributed by atoms with Crippen molar-refractivity contribution in [3.63, 3.8) is 0 Å². The van der Waals surface area contributed by atoms with E-state index in [-0.39, 0.29) is 5.91 Å². The number of benzene rings is 1. The maximum atomic E-state index is 13.1. The number of ether oxygens (including phenoxy) is 1. The van der Waals surface area contributed by atoms with Gasteiger partial charge in [0.25, 0.3) is 0 Å². The lowest BCUT2D eigenvalue weighted by Gasteiger charge is -2.19. The molecule has 5 rings (SSSR count). The molecule has 36 heavy (non-hydrogen) atoms. The zero-order chi connectivity index (χ0) is 25.1. The minimum absolute atomic E-state index is 0.108. The van der Waals surface area contributed by atoms with Crippen LogP contribution in [0.15, 0.2) is 24.4 Å². The van der Waals surface area contributed by atoms with Crippen LogP contribution in [0.1, 0.15) is 62.2 Å². The van der Waals surface area contributed by atoms with E-state index in [1.165, 1.54) is 12.8 Å². The quantitative estimate of drug-likeness (QED) is 0.367. The van der Waals surface area contributed by atoms with Crippen LogP contribution in [0.3, 0.4) is 0 Å². The lowest BCUT2D eigenvalue weighted by Crippen LogP contribution is -2.29. The first-order valence-corrected chi connectivity index (χ1v) is 13.3. The zero-order valence-corrected chi connectivity index (χ0v) is 21.7. The van der Waals surface area contributed by atoms with Gasteiger partial charge in [-0.1, -0.05) is 31.4 Å². The second-order valence-electron chi connectivity index (χ2n) is 9.58. The molecule has 0 saturated heterocycles. The number of fused-ring (bicyclic) bond motifs is 2. The van der Waals surface area contributed by atoms with Crippen LogP contribution in [-0.4, -0.2) is 70.5 Å². The fourth-order valence-electron chi connectivity index (χ4n) is 5.26. The molecule has 1 fully saturated rings. The summed E-state index contributed by atoms with van der Waals surface area (Å²) in [5, 5.41) is 12.6. The van der Waals surface area contributed by atoms with Gasteiger partial charge >= 0.3 is 0 Å². The highest BCUT2D eigenvalue weighted by Crippen LogP contribution is 2.41. The molecule has 0 bridgehead atoms. The highest BCUT2D eigenvalue weighted by Gasteiger charge is 2.36. The Balaban J connectivity index is 1.43. The Kier molecular flexibility index (Phi) is 7.69. The molecule has 192 valence electrons. The molecule has 0 radical (unpaired) electrons. The van der Waals surface area contributed by atoms with Crippen LogP contribution < -0.4 is 10.6 Å². The van der Waals surface area contributed by atoms with Crippen molar-refractivity contribution in [2.75, 3.05) is 50.5 Å². The first kappa shape index (κ1) is 24.9. The number of carbonyl (C=O) groups excluding carboxylic acids is 1. The topological polar surface area (TPSA) is 97.2 Å². The molecule has 1 unspecified atom stereocenters. The van der Waals surface area contributed by atoms with Crippen molar-refractivity contribution in [2.45, 2.75) is 51.0 Å². The second kappa shape index (κ2) is 11.1. The van der Waals surface area contributed by atoms with E-state index in [9.17, 15) is 4.79 Å². The van der Waals surface area contributed by atoms with Gasteiger partial charge in [0, 0.05) is 37.1 Å². The number of rotatable bonds is 11. The van der Waals surface area contributed by atoms with Gasteiger partial charge in [0.05, 0.1) is 23.7 Å². The number of nitrogens with zero attached hydrogens (tertiary/aromatic N) is 5. The molecule has 1 aromatic carbocycles. The predicted octanol–water partition coefficient (Wildman–Crippen LogP) is 4.45. The number of anilines is 2. The Morgan fingerprint density at radius 2 is 2.08 bits per heavy atom. The number of methoxy groups -OCH3 is 1. The molecule has 10 heteroatoms. The number of hydrogen-bond acceptors (Lipinski definition) is 7. The molecule has 1 aliphatic carbocycles. The van der Waals surface area contributed by atoms with Crippen molar-refractivity contribution in [3.05, 3.63) is 40.7 Å². The Hall–Kier alpha value is -2.75. The van der Waals surface area contributed by atoms with Crippen LogP contribution >= 0.6 is 11.6 Å². The van der Waals surface area contributed by atoms with Crippen LogP contribution in [-0.2, 0) is 9.53 Å². The lowest BCUT2D eigenvalue weighted by atomic mass is 9.95. The van der Waals surface area contributed by atoms with Crippen molar-refractivity contribution >= 4 is 40.2 Å². The van der Waals surface area contributed by atoms with E-state index < -0.39 is 5.92 Å². The Morgan fingerprint density at radius 1 is 1.25 bits per heavy atom. The molecule has 1 amide bonds. The van der Waals surface area contributed by atoms with Crippen molar-refractivity contribution in [2.24, 2.45) is 0 Å². The van der Waals surface area contributed by atoms with Crippen molar-refractivity contribution in [1.29, 1.82) is 0 Å². The van der Waals surface area contributed by atoms with Gasteiger partial charge in [0.2, 0.25) is 11.9 Å². The predicted molar refractivity (Wildman–Crippen MR) is 142 cm³/mol. The third-order valence-electron chi connectivity index (χ3n) is 7.24. The number of halogens is 1. The fourth-order valence-corrected chi connectivity index (χ4v) is 5.44. The van der Waals surface area contributed by atoms with Gasteiger partial charge in [0.15, 0.2) is 5.65 Å². The van der Waals surface area contributed by atoms with E-state index in [0.29, 0.717) is 28.4 Å². The maximum Gasteiger partial charge on any atom is 0.238 e. The second-order valence-corrected chi connectivity index (χ2v) is 10.0. The number of hydrogen-bond donors (Lipinski definition) is 2. The van der Waals surface area contributed by atoms with E-state index in [4.69, 9.17) is 31.4 Å². The van der Waals surface area contributed by atoms with Gasteiger partial charge in [-0.05, 0) is 56.1 Å². The van der Waals surface area contributed by atoms with Gasteiger partial charge in [-0.2, -0.15) is 10.1 Å². The summed E-state index contributed by atoms with van der Waals surface area (Å²) in [6.07, 6.45) is 7.61. The summed E-state index contributed by atoms with van der Waals surface area (Å²) in [6, 6.07) is 5.85. The van der Waals surface area contributed by atoms with Crippen LogP contribution in [0.25, 0.3) is 11.0 Å². The molecule has 1 aliphatic heterocycles. The minimum atomic E-state index is -0.560. The largest absolute Gasteiger partial charge is 0.383 e. The van der Waals surface area contributed by atoms with E-state index in [1.54, 1.807) is 13.2 Å². The molecule has 2 aromatic heterocycles. The molecule has 0 spiro atoms. The molecule has 1 saturated carbocycles. The minimum Gasteiger partial charge on any atom is -0.383 e. The smallest absolute Gasteiger partial charge is 0.238 e. The summed E-state index contributed by atoms with van der Waals surface area (Å²) in [6.45, 7) is 6.45. The number of amides is 1. The molecule has 3 aromatic rings. The van der Waals surface area contributed by atoms with Gasteiger partial charge < -0.3 is 20.3 Å². The molecule has 9 nitrogen and oxygen atoms in total. The summed E-state index contributed by atoms with van der Waals surface area (Å²) in [5.74, 6) is -0.170. The average Bonchev–Trinajstić information content (AvgIpc) is 3.61. The van der Waals surface area contributed by atoms with Crippen LogP contribution in [0.4, 0.5) is 11.6 Å². The van der Waals surface area contributed by atoms with Gasteiger partial charge in [0.1, 0.15) is 5.92 Å². The van der Waals surface area contributed by atoms with E-state index in [0.717, 1.165) is 68.7 Å². The molecule has 3 heterocycles. The van der Waals surface area contributed by atoms with Crippen molar-refractivity contribution in [3.8, 4) is 0 Å². The Labute approximate surface area is 216 Å². The van der Waals surface area contributed by atoms with Crippen LogP contribution in [0.2, 0.25) is 5.02 Å². The lowest BCUT2D eigenvalue weighted by molar-refractivity contribution is -0.116. The highest BCUT2D eigenvalue weighted by molar-refractivity contribution is 6.31. The summed E-state index contributed by atoms with van der Waals surface area (Å²) in [7, 11) is 1.73. The Morgan fingerprint density at radius 3 is 2.86 bits per heavy atom. The third kappa shape index (κ3) is 5.19. The first-order valence-electron chi connectivity index (χ1n) is 12.9. The van der Waals surface area contributed by atoms with Crippen LogP contribution in [0, 0.1) is 0 Å². The monoisotopic (exact) mass is 511 g/mol. The van der Waals surface area contributed by atoms with Crippen LogP contribution in [0.5, 0.6) is 0 Å². The summed E-state index contributed by atoms with van der Waals surface area (Å²) in [4.78, 5) is 25.1. The van der Waals surface area contributed by atoms with E-state index >= 15 is 0 Å². The van der Waals surface area contributed by atoms with Gasteiger partial charge in [-0.3, -0.25) is 9.48 Å². The SMILES string of the molecule is CCN(CCCNc1nc(C2C(=O)Nc3ccc(Cl)cc32)c2cn(C3CCCC3)nc2n1)CCOC. The van der Waals surface area contributed by atoms with E-state index in [2.05, 4.69) is 22.5 Å². The molecular formula is C26H34ClN7O2. The zero-order valence-electron chi connectivity index (χ0n) is 21.0. The maximum absolute atomic E-state index is 13.1. The summed E-state index contributed by atoms with van der Waals surface area (Å²) < 4.78 is 7.23.